The van der Waals surface area contributed by atoms with E-state index in [1.165, 1.54) is 5.56 Å². The summed E-state index contributed by atoms with van der Waals surface area (Å²) in [6.07, 6.45) is -0.351. The van der Waals surface area contributed by atoms with Crippen molar-refractivity contribution >= 4 is 22.0 Å². The molecular weight excluding hydrogens is 356 g/mol. The fourth-order valence-corrected chi connectivity index (χ4v) is 2.34. The Morgan fingerprint density at radius 2 is 1.78 bits per heavy atom. The number of amides is 1. The Balaban J connectivity index is 2.37. The molecule has 0 saturated heterocycles. The van der Waals surface area contributed by atoms with Crippen molar-refractivity contribution in [1.82, 2.24) is 10.6 Å². The summed E-state index contributed by atoms with van der Waals surface area (Å²) in [4.78, 5) is 11.8. The van der Waals surface area contributed by atoms with Gasteiger partial charge in [-0.3, -0.25) is 0 Å². The highest BCUT2D eigenvalue weighted by Gasteiger charge is 2.18. The Bertz CT molecular complexity index is 481. The van der Waals surface area contributed by atoms with Crippen LogP contribution in [0, 0.1) is 11.8 Å². The molecule has 0 bridgehead atoms. The largest absolute Gasteiger partial charge is 0.444 e. The van der Waals surface area contributed by atoms with Crippen molar-refractivity contribution in [3.63, 3.8) is 0 Å². The van der Waals surface area contributed by atoms with Crippen LogP contribution in [0.15, 0.2) is 28.7 Å². The lowest BCUT2D eigenvalue weighted by atomic mass is 9.95. The number of hydrogen-bond donors (Lipinski definition) is 2. The molecule has 130 valence electrons. The third-order valence-electron chi connectivity index (χ3n) is 3.50. The summed E-state index contributed by atoms with van der Waals surface area (Å²) >= 11 is 3.44. The van der Waals surface area contributed by atoms with Crippen LogP contribution in [0.2, 0.25) is 0 Å². The van der Waals surface area contributed by atoms with Gasteiger partial charge in [0.2, 0.25) is 0 Å². The van der Waals surface area contributed by atoms with E-state index in [9.17, 15) is 4.79 Å². The van der Waals surface area contributed by atoms with Gasteiger partial charge in [0.1, 0.15) is 5.60 Å². The van der Waals surface area contributed by atoms with E-state index in [1.54, 1.807) is 0 Å². The van der Waals surface area contributed by atoms with E-state index in [1.807, 2.05) is 32.9 Å². The Kier molecular flexibility index (Phi) is 8.06. The van der Waals surface area contributed by atoms with Gasteiger partial charge in [-0.1, -0.05) is 41.9 Å². The number of alkyl carbamates (subject to hydrolysis) is 1. The van der Waals surface area contributed by atoms with Crippen molar-refractivity contribution in [1.29, 1.82) is 0 Å². The normalized spacial score (nSPS) is 13.0. The van der Waals surface area contributed by atoms with Crippen LogP contribution in [0.1, 0.15) is 40.2 Å². The predicted molar refractivity (Wildman–Crippen MR) is 98.4 cm³/mol. The average molecular weight is 385 g/mol. The van der Waals surface area contributed by atoms with Crippen molar-refractivity contribution in [2.24, 2.45) is 11.8 Å². The second kappa shape index (κ2) is 9.28. The Morgan fingerprint density at radius 1 is 1.17 bits per heavy atom. The van der Waals surface area contributed by atoms with E-state index in [4.69, 9.17) is 4.74 Å². The molecule has 0 radical (unpaired) electrons. The van der Waals surface area contributed by atoms with Crippen LogP contribution >= 0.6 is 15.9 Å². The summed E-state index contributed by atoms with van der Waals surface area (Å²) in [5, 5.41) is 6.34. The second-order valence-electron chi connectivity index (χ2n) is 7.14. The van der Waals surface area contributed by atoms with Gasteiger partial charge in [-0.25, -0.2) is 4.79 Å². The van der Waals surface area contributed by atoms with E-state index in [-0.39, 0.29) is 6.09 Å². The van der Waals surface area contributed by atoms with Crippen LogP contribution in [0.5, 0.6) is 0 Å². The van der Waals surface area contributed by atoms with E-state index in [0.29, 0.717) is 18.4 Å². The lowest BCUT2D eigenvalue weighted by Gasteiger charge is -2.24. The number of rotatable bonds is 7. The zero-order valence-electron chi connectivity index (χ0n) is 14.8. The van der Waals surface area contributed by atoms with E-state index >= 15 is 0 Å². The molecule has 2 N–H and O–H groups in total. The van der Waals surface area contributed by atoms with Gasteiger partial charge in [0.05, 0.1) is 0 Å². The van der Waals surface area contributed by atoms with Crippen LogP contribution < -0.4 is 10.6 Å². The highest BCUT2D eigenvalue weighted by molar-refractivity contribution is 9.10. The standard InChI is InChI=1S/C18H29BrN2O2/c1-13(2)15(12-21-17(22)23-18(3,4)5)11-20-10-14-6-8-16(19)9-7-14/h6-9,13,15,20H,10-12H2,1-5H3,(H,21,22). The summed E-state index contributed by atoms with van der Waals surface area (Å²) in [6.45, 7) is 12.2. The summed E-state index contributed by atoms with van der Waals surface area (Å²) < 4.78 is 6.36. The van der Waals surface area contributed by atoms with Gasteiger partial charge in [0.25, 0.3) is 0 Å². The molecule has 1 amide bonds. The molecule has 1 aromatic carbocycles. The monoisotopic (exact) mass is 384 g/mol. The van der Waals surface area contributed by atoms with Crippen LogP contribution in [0.3, 0.4) is 0 Å². The molecular formula is C18H29BrN2O2. The molecule has 1 rings (SSSR count). The maximum absolute atomic E-state index is 11.8. The predicted octanol–water partition coefficient (Wildman–Crippen LogP) is 4.34. The van der Waals surface area contributed by atoms with Crippen molar-refractivity contribution in [2.75, 3.05) is 13.1 Å². The Labute approximate surface area is 148 Å². The van der Waals surface area contributed by atoms with Crippen molar-refractivity contribution in [3.8, 4) is 0 Å². The minimum atomic E-state index is -0.461. The average Bonchev–Trinajstić information content (AvgIpc) is 2.42. The molecule has 0 fully saturated rings. The number of hydrogen-bond acceptors (Lipinski definition) is 3. The SMILES string of the molecule is CC(C)C(CNCc1ccc(Br)cc1)CNC(=O)OC(C)(C)C. The van der Waals surface area contributed by atoms with Gasteiger partial charge in [-0.2, -0.15) is 0 Å². The molecule has 0 aromatic heterocycles. The first-order valence-electron chi connectivity index (χ1n) is 8.09. The van der Waals surface area contributed by atoms with E-state index < -0.39 is 5.60 Å². The summed E-state index contributed by atoms with van der Waals surface area (Å²) in [5.74, 6) is 0.834. The molecule has 23 heavy (non-hydrogen) atoms. The van der Waals surface area contributed by atoms with Gasteiger partial charge in [-0.15, -0.1) is 0 Å². The molecule has 1 atom stereocenters. The summed E-state index contributed by atoms with van der Waals surface area (Å²) in [6, 6.07) is 8.28. The lowest BCUT2D eigenvalue weighted by molar-refractivity contribution is 0.0515. The van der Waals surface area contributed by atoms with E-state index in [2.05, 4.69) is 52.5 Å². The van der Waals surface area contributed by atoms with Gasteiger partial charge in [0, 0.05) is 24.1 Å². The van der Waals surface area contributed by atoms with Gasteiger partial charge < -0.3 is 15.4 Å². The molecule has 0 heterocycles. The highest BCUT2D eigenvalue weighted by atomic mass is 79.9. The van der Waals surface area contributed by atoms with Crippen LogP contribution in [-0.4, -0.2) is 24.8 Å². The molecule has 0 aliphatic heterocycles. The molecule has 5 heteroatoms. The molecule has 0 aliphatic carbocycles. The van der Waals surface area contributed by atoms with Crippen LogP contribution in [0.4, 0.5) is 4.79 Å². The maximum atomic E-state index is 11.8. The third kappa shape index (κ3) is 8.96. The first-order chi connectivity index (χ1) is 10.7. The summed E-state index contributed by atoms with van der Waals surface area (Å²) in [7, 11) is 0. The van der Waals surface area contributed by atoms with Gasteiger partial charge in [0.15, 0.2) is 0 Å². The van der Waals surface area contributed by atoms with E-state index in [0.717, 1.165) is 17.6 Å². The zero-order valence-corrected chi connectivity index (χ0v) is 16.4. The number of benzene rings is 1. The summed E-state index contributed by atoms with van der Waals surface area (Å²) in [5.41, 5.74) is 0.785. The number of halogens is 1. The quantitative estimate of drug-likeness (QED) is 0.734. The molecule has 0 saturated carbocycles. The molecule has 1 unspecified atom stereocenters. The topological polar surface area (TPSA) is 50.4 Å². The zero-order chi connectivity index (χ0) is 17.5. The van der Waals surface area contributed by atoms with Crippen molar-refractivity contribution in [2.45, 2.75) is 46.8 Å². The fraction of sp³-hybridized carbons (Fsp3) is 0.611. The van der Waals surface area contributed by atoms with Crippen LogP contribution in [0.25, 0.3) is 0 Å². The lowest BCUT2D eigenvalue weighted by Crippen LogP contribution is -2.39. The van der Waals surface area contributed by atoms with Gasteiger partial charge >= 0.3 is 6.09 Å². The second-order valence-corrected chi connectivity index (χ2v) is 8.06. The number of nitrogens with one attached hydrogen (secondary N) is 2. The molecule has 0 spiro atoms. The van der Waals surface area contributed by atoms with Gasteiger partial charge in [-0.05, 0) is 50.3 Å². The first kappa shape index (κ1) is 20.0. The smallest absolute Gasteiger partial charge is 0.407 e. The Morgan fingerprint density at radius 3 is 2.30 bits per heavy atom. The Hall–Kier alpha value is -1.07. The minimum Gasteiger partial charge on any atom is -0.444 e. The number of ether oxygens (including phenoxy) is 1. The minimum absolute atomic E-state index is 0.351. The number of carbonyl (C=O) groups excluding carboxylic acids is 1. The third-order valence-corrected chi connectivity index (χ3v) is 4.03. The first-order valence-corrected chi connectivity index (χ1v) is 8.88. The maximum Gasteiger partial charge on any atom is 0.407 e. The molecule has 0 aliphatic rings. The highest BCUT2D eigenvalue weighted by Crippen LogP contribution is 2.12. The van der Waals surface area contributed by atoms with Crippen molar-refractivity contribution in [3.05, 3.63) is 34.3 Å². The fourth-order valence-electron chi connectivity index (χ4n) is 2.08. The molecule has 4 nitrogen and oxygen atoms in total. The van der Waals surface area contributed by atoms with Crippen LogP contribution in [-0.2, 0) is 11.3 Å². The van der Waals surface area contributed by atoms with Crippen molar-refractivity contribution < 1.29 is 9.53 Å². The number of carbonyl (C=O) groups is 1. The molecule has 1 aromatic rings.